The van der Waals surface area contributed by atoms with Crippen LogP contribution in [0.4, 0.5) is 23.7 Å². The topological polar surface area (TPSA) is 117 Å². The molecule has 0 bridgehead atoms. The summed E-state index contributed by atoms with van der Waals surface area (Å²) >= 11 is 0. The Hall–Kier alpha value is -3.71. The lowest BCUT2D eigenvalue weighted by molar-refractivity contribution is 0.122. The number of hydrogen-bond acceptors (Lipinski definition) is 9. The van der Waals surface area contributed by atoms with Gasteiger partial charge in [0.15, 0.2) is 5.82 Å². The third-order valence-electron chi connectivity index (χ3n) is 4.75. The van der Waals surface area contributed by atoms with E-state index >= 15 is 0 Å². The van der Waals surface area contributed by atoms with E-state index in [0.29, 0.717) is 42.4 Å². The predicted octanol–water partition coefficient (Wildman–Crippen LogP) is 2.23. The molecule has 1 aliphatic heterocycles. The molecule has 3 aromatic rings. The van der Waals surface area contributed by atoms with Crippen LogP contribution < -0.4 is 15.5 Å². The maximum Gasteiger partial charge on any atom is 0.235 e. The van der Waals surface area contributed by atoms with Crippen molar-refractivity contribution < 1.29 is 4.74 Å². The average molecular weight is 405 g/mol. The first kappa shape index (κ1) is 19.6. The van der Waals surface area contributed by atoms with Gasteiger partial charge in [-0.05, 0) is 24.6 Å². The molecule has 1 atom stereocenters. The fraction of sp³-hybridized carbons (Fsp3) is 0.350. The van der Waals surface area contributed by atoms with Gasteiger partial charge in [-0.3, -0.25) is 0 Å². The van der Waals surface area contributed by atoms with Gasteiger partial charge in [0.05, 0.1) is 37.2 Å². The Morgan fingerprint density at radius 2 is 1.83 bits per heavy atom. The first-order valence-electron chi connectivity index (χ1n) is 9.71. The second kappa shape index (κ2) is 8.75. The first-order chi connectivity index (χ1) is 14.6. The zero-order chi connectivity index (χ0) is 20.9. The minimum atomic E-state index is -0.0552. The molecule has 0 radical (unpaired) electrons. The van der Waals surface area contributed by atoms with Crippen LogP contribution in [0.15, 0.2) is 36.8 Å². The highest BCUT2D eigenvalue weighted by Gasteiger charge is 2.18. The average Bonchev–Trinajstić information content (AvgIpc) is 3.18. The van der Waals surface area contributed by atoms with Gasteiger partial charge in [0.2, 0.25) is 17.8 Å². The molecule has 0 amide bonds. The number of benzene rings is 1. The van der Waals surface area contributed by atoms with Crippen molar-refractivity contribution >= 4 is 23.7 Å². The van der Waals surface area contributed by atoms with Crippen molar-refractivity contribution in [2.75, 3.05) is 41.8 Å². The monoisotopic (exact) mass is 405 g/mol. The highest BCUT2D eigenvalue weighted by molar-refractivity contribution is 5.52. The third kappa shape index (κ3) is 4.64. The fourth-order valence-electron chi connectivity index (χ4n) is 3.11. The van der Waals surface area contributed by atoms with Crippen molar-refractivity contribution in [2.24, 2.45) is 7.05 Å². The molecule has 30 heavy (non-hydrogen) atoms. The van der Waals surface area contributed by atoms with E-state index in [0.717, 1.165) is 18.7 Å². The summed E-state index contributed by atoms with van der Waals surface area (Å²) in [6.45, 7) is 4.74. The minimum absolute atomic E-state index is 0.0552. The second-order valence-electron chi connectivity index (χ2n) is 7.03. The standard InChI is InChI=1S/C20H23N9O/c1-14(16-5-3-15(11-21)4-6-16)23-18-25-19(24-17-12-28(2)13-22-17)27-20(26-18)29-7-9-30-10-8-29/h3-6,12-14H,7-10H2,1-2H3,(H2,23,24,25,26,27). The molecule has 2 N–H and O–H groups in total. The van der Waals surface area contributed by atoms with Gasteiger partial charge in [-0.25, -0.2) is 4.98 Å². The molecule has 1 aromatic carbocycles. The molecule has 0 saturated carbocycles. The summed E-state index contributed by atoms with van der Waals surface area (Å²) in [6.07, 6.45) is 3.56. The Labute approximate surface area is 174 Å². The molecule has 2 aromatic heterocycles. The van der Waals surface area contributed by atoms with Gasteiger partial charge in [-0.2, -0.15) is 20.2 Å². The molecule has 1 unspecified atom stereocenters. The Morgan fingerprint density at radius 1 is 1.10 bits per heavy atom. The SMILES string of the molecule is CC(Nc1nc(Nc2cn(C)cn2)nc(N2CCOCC2)n1)c1ccc(C#N)cc1. The van der Waals surface area contributed by atoms with Crippen LogP contribution in [0.1, 0.15) is 24.1 Å². The van der Waals surface area contributed by atoms with Gasteiger partial charge in [0.25, 0.3) is 0 Å². The normalized spacial score (nSPS) is 14.8. The highest BCUT2D eigenvalue weighted by Crippen LogP contribution is 2.22. The number of aromatic nitrogens is 5. The molecule has 0 spiro atoms. The number of imidazole rings is 1. The smallest absolute Gasteiger partial charge is 0.235 e. The lowest BCUT2D eigenvalue weighted by atomic mass is 10.1. The number of ether oxygens (including phenoxy) is 1. The van der Waals surface area contributed by atoms with E-state index in [9.17, 15) is 0 Å². The molecular formula is C20H23N9O. The van der Waals surface area contributed by atoms with E-state index in [-0.39, 0.29) is 6.04 Å². The van der Waals surface area contributed by atoms with Crippen LogP contribution in [-0.2, 0) is 11.8 Å². The Bertz CT molecular complexity index is 1040. The fourth-order valence-corrected chi connectivity index (χ4v) is 3.11. The number of aryl methyl sites for hydroxylation is 1. The lowest BCUT2D eigenvalue weighted by Gasteiger charge is -2.27. The van der Waals surface area contributed by atoms with Gasteiger partial charge in [0, 0.05) is 26.3 Å². The van der Waals surface area contributed by atoms with Crippen molar-refractivity contribution in [1.29, 1.82) is 5.26 Å². The Balaban J connectivity index is 1.59. The van der Waals surface area contributed by atoms with Crippen molar-refractivity contribution in [1.82, 2.24) is 24.5 Å². The van der Waals surface area contributed by atoms with Crippen LogP contribution in [0.2, 0.25) is 0 Å². The van der Waals surface area contributed by atoms with Gasteiger partial charge in [0.1, 0.15) is 0 Å². The largest absolute Gasteiger partial charge is 0.378 e. The number of nitrogens with one attached hydrogen (secondary N) is 2. The summed E-state index contributed by atoms with van der Waals surface area (Å²) in [5.41, 5.74) is 1.66. The van der Waals surface area contributed by atoms with Crippen molar-refractivity contribution in [2.45, 2.75) is 13.0 Å². The van der Waals surface area contributed by atoms with Crippen molar-refractivity contribution in [3.63, 3.8) is 0 Å². The summed E-state index contributed by atoms with van der Waals surface area (Å²) in [5.74, 6) is 2.12. The molecule has 1 aliphatic rings. The maximum atomic E-state index is 8.99. The van der Waals surface area contributed by atoms with Gasteiger partial charge < -0.3 is 24.8 Å². The summed E-state index contributed by atoms with van der Waals surface area (Å²) in [4.78, 5) is 20.1. The molecule has 154 valence electrons. The third-order valence-corrected chi connectivity index (χ3v) is 4.75. The molecule has 3 heterocycles. The molecule has 0 aliphatic carbocycles. The number of hydrogen-bond donors (Lipinski definition) is 2. The van der Waals surface area contributed by atoms with Crippen molar-refractivity contribution in [3.8, 4) is 6.07 Å². The molecule has 1 saturated heterocycles. The summed E-state index contributed by atoms with van der Waals surface area (Å²) in [6, 6.07) is 9.53. The summed E-state index contributed by atoms with van der Waals surface area (Å²) in [5, 5.41) is 15.5. The second-order valence-corrected chi connectivity index (χ2v) is 7.03. The molecule has 10 nitrogen and oxygen atoms in total. The number of nitriles is 1. The van der Waals surface area contributed by atoms with E-state index < -0.39 is 0 Å². The maximum absolute atomic E-state index is 8.99. The number of nitrogens with zero attached hydrogens (tertiary/aromatic N) is 7. The van der Waals surface area contributed by atoms with E-state index in [4.69, 9.17) is 10.00 Å². The van der Waals surface area contributed by atoms with Crippen molar-refractivity contribution in [3.05, 3.63) is 47.9 Å². The highest BCUT2D eigenvalue weighted by atomic mass is 16.5. The number of rotatable bonds is 6. The summed E-state index contributed by atoms with van der Waals surface area (Å²) < 4.78 is 7.29. The van der Waals surface area contributed by atoms with Crippen LogP contribution in [0.3, 0.4) is 0 Å². The van der Waals surface area contributed by atoms with Crippen LogP contribution in [0, 0.1) is 11.3 Å². The van der Waals surface area contributed by atoms with E-state index in [1.165, 1.54) is 0 Å². The predicted molar refractivity (Wildman–Crippen MR) is 113 cm³/mol. The van der Waals surface area contributed by atoms with E-state index in [2.05, 4.69) is 41.5 Å². The van der Waals surface area contributed by atoms with Crippen LogP contribution >= 0.6 is 0 Å². The molecule has 1 fully saturated rings. The van der Waals surface area contributed by atoms with Crippen LogP contribution in [0.25, 0.3) is 0 Å². The van der Waals surface area contributed by atoms with E-state index in [1.54, 1.807) is 18.5 Å². The lowest BCUT2D eigenvalue weighted by Crippen LogP contribution is -2.37. The molecule has 4 rings (SSSR count). The first-order valence-corrected chi connectivity index (χ1v) is 9.71. The van der Waals surface area contributed by atoms with Crippen LogP contribution in [-0.4, -0.2) is 50.8 Å². The van der Waals surface area contributed by atoms with Crippen LogP contribution in [0.5, 0.6) is 0 Å². The zero-order valence-corrected chi connectivity index (χ0v) is 16.9. The zero-order valence-electron chi connectivity index (χ0n) is 16.9. The number of morpholine rings is 1. The Kier molecular flexibility index (Phi) is 5.72. The van der Waals surface area contributed by atoms with Gasteiger partial charge in [-0.1, -0.05) is 12.1 Å². The Morgan fingerprint density at radius 3 is 2.50 bits per heavy atom. The minimum Gasteiger partial charge on any atom is -0.378 e. The van der Waals surface area contributed by atoms with E-state index in [1.807, 2.05) is 36.9 Å². The quantitative estimate of drug-likeness (QED) is 0.636. The summed E-state index contributed by atoms with van der Waals surface area (Å²) in [7, 11) is 1.90. The number of anilines is 4. The molecule has 10 heteroatoms. The molecular weight excluding hydrogens is 382 g/mol. The van der Waals surface area contributed by atoms with Gasteiger partial charge in [-0.15, -0.1) is 0 Å². The van der Waals surface area contributed by atoms with Gasteiger partial charge >= 0.3 is 0 Å².